The minimum Gasteiger partial charge on any atom is -0.462 e. The van der Waals surface area contributed by atoms with Gasteiger partial charge in [-0.1, -0.05) is 414 Å². The molecule has 0 aliphatic heterocycles. The lowest BCUT2D eigenvalue weighted by Crippen LogP contribution is -2.30. The highest BCUT2D eigenvalue weighted by atomic mass is 31.2. The fourth-order valence-corrected chi connectivity index (χ4v) is 15.3. The SMILES string of the molecule is CCCCCCCCCCCCCCC(=O)OC[C@H](COP(=O)(O)OC[C@H](O)COP(=O)(O)OC[C@@H](COC(=O)CCCCCCCCCCCCCCCCCC(C)C)OC(=O)CCCCCCCCCCCCCCCCCCCCC(C)C)OC(=O)CCCCCCCCCCCCCCCC(C)C. The molecule has 0 spiro atoms. The fraction of sp³-hybridized carbons (Fsp3) is 0.955. The van der Waals surface area contributed by atoms with Crippen LogP contribution in [0.5, 0.6) is 0 Å². The zero-order valence-corrected chi connectivity index (χ0v) is 72.4. The highest BCUT2D eigenvalue weighted by Gasteiger charge is 2.31. The molecule has 0 rings (SSSR count). The number of aliphatic hydroxyl groups excluding tert-OH is 1. The zero-order chi connectivity index (χ0) is 78.6. The Morgan fingerprint density at radius 1 is 0.252 bits per heavy atom. The molecule has 0 aromatic carbocycles. The van der Waals surface area contributed by atoms with Crippen LogP contribution < -0.4 is 0 Å². The molecule has 17 nitrogen and oxygen atoms in total. The van der Waals surface area contributed by atoms with E-state index in [4.69, 9.17) is 37.0 Å². The lowest BCUT2D eigenvalue weighted by molar-refractivity contribution is -0.161. The number of esters is 4. The molecule has 0 saturated heterocycles. The fourth-order valence-electron chi connectivity index (χ4n) is 13.7. The number of hydrogen-bond acceptors (Lipinski definition) is 15. The van der Waals surface area contributed by atoms with Gasteiger partial charge in [0.25, 0.3) is 0 Å². The van der Waals surface area contributed by atoms with Crippen molar-refractivity contribution >= 4 is 39.5 Å². The van der Waals surface area contributed by atoms with Gasteiger partial charge in [-0.15, -0.1) is 0 Å². The lowest BCUT2D eigenvalue weighted by atomic mass is 10.0. The monoisotopic (exact) mass is 1560 g/mol. The van der Waals surface area contributed by atoms with Gasteiger partial charge in [-0.3, -0.25) is 37.3 Å². The summed E-state index contributed by atoms with van der Waals surface area (Å²) >= 11 is 0. The second-order valence-electron chi connectivity index (χ2n) is 33.1. The summed E-state index contributed by atoms with van der Waals surface area (Å²) in [5.74, 6) is 0.313. The molecular formula is C88H172O17P2. The number of aliphatic hydroxyl groups is 1. The Labute approximate surface area is 658 Å². The predicted molar refractivity (Wildman–Crippen MR) is 441 cm³/mol. The van der Waals surface area contributed by atoms with Gasteiger partial charge in [-0.05, 0) is 43.4 Å². The van der Waals surface area contributed by atoms with E-state index in [9.17, 15) is 43.2 Å². The first-order valence-electron chi connectivity index (χ1n) is 45.3. The third-order valence-corrected chi connectivity index (χ3v) is 22.5. The molecule has 0 aromatic heterocycles. The number of ether oxygens (including phenoxy) is 4. The predicted octanol–water partition coefficient (Wildman–Crippen LogP) is 26.9. The van der Waals surface area contributed by atoms with Crippen molar-refractivity contribution in [3.05, 3.63) is 0 Å². The number of unbranched alkanes of at least 4 members (excludes halogenated alkanes) is 54. The molecule has 0 radical (unpaired) electrons. The normalized spacial score (nSPS) is 13.8. The highest BCUT2D eigenvalue weighted by molar-refractivity contribution is 7.47. The van der Waals surface area contributed by atoms with Crippen LogP contribution in [0.2, 0.25) is 0 Å². The van der Waals surface area contributed by atoms with Gasteiger partial charge in [0, 0.05) is 25.7 Å². The van der Waals surface area contributed by atoms with E-state index in [1.807, 2.05) is 0 Å². The molecule has 0 heterocycles. The van der Waals surface area contributed by atoms with Crippen molar-refractivity contribution < 1.29 is 80.2 Å². The molecular weight excluding hydrogens is 1390 g/mol. The molecule has 0 aromatic rings. The maximum absolute atomic E-state index is 13.2. The number of phosphoric acid groups is 2. The summed E-state index contributed by atoms with van der Waals surface area (Å²) < 4.78 is 69.0. The summed E-state index contributed by atoms with van der Waals surface area (Å²) in [5, 5.41) is 10.7. The van der Waals surface area contributed by atoms with E-state index in [0.717, 1.165) is 108 Å². The van der Waals surface area contributed by atoms with Crippen LogP contribution in [0.15, 0.2) is 0 Å². The van der Waals surface area contributed by atoms with Crippen molar-refractivity contribution in [2.24, 2.45) is 17.8 Å². The summed E-state index contributed by atoms with van der Waals surface area (Å²) in [4.78, 5) is 73.3. The van der Waals surface area contributed by atoms with Crippen LogP contribution in [-0.4, -0.2) is 96.7 Å². The van der Waals surface area contributed by atoms with Crippen molar-refractivity contribution in [2.75, 3.05) is 39.6 Å². The Balaban J connectivity index is 5.25. The molecule has 0 bridgehead atoms. The first kappa shape index (κ1) is 105. The summed E-state index contributed by atoms with van der Waals surface area (Å²) in [6, 6.07) is 0. The molecule has 3 N–H and O–H groups in total. The van der Waals surface area contributed by atoms with Crippen molar-refractivity contribution in [1.82, 2.24) is 0 Å². The van der Waals surface area contributed by atoms with Gasteiger partial charge in [-0.2, -0.15) is 0 Å². The first-order chi connectivity index (χ1) is 51.7. The maximum atomic E-state index is 13.2. The molecule has 2 unspecified atom stereocenters. The third kappa shape index (κ3) is 81.9. The van der Waals surface area contributed by atoms with E-state index in [1.165, 1.54) is 276 Å². The minimum absolute atomic E-state index is 0.108. The van der Waals surface area contributed by atoms with Crippen LogP contribution in [0.4, 0.5) is 0 Å². The van der Waals surface area contributed by atoms with Gasteiger partial charge >= 0.3 is 39.5 Å². The number of carbonyl (C=O) groups excluding carboxylic acids is 4. The van der Waals surface area contributed by atoms with Gasteiger partial charge in [0.2, 0.25) is 0 Å². The average molecular weight is 1560 g/mol. The Hall–Kier alpha value is -1.94. The van der Waals surface area contributed by atoms with Gasteiger partial charge < -0.3 is 33.8 Å². The van der Waals surface area contributed by atoms with Crippen molar-refractivity contribution in [2.45, 2.75) is 484 Å². The van der Waals surface area contributed by atoms with Gasteiger partial charge in [-0.25, -0.2) is 9.13 Å². The molecule has 0 aliphatic carbocycles. The van der Waals surface area contributed by atoms with Crippen LogP contribution in [0, 0.1) is 17.8 Å². The smallest absolute Gasteiger partial charge is 0.462 e. The summed E-state index contributed by atoms with van der Waals surface area (Å²) in [7, 11) is -9.93. The van der Waals surface area contributed by atoms with Gasteiger partial charge in [0.05, 0.1) is 26.4 Å². The van der Waals surface area contributed by atoms with E-state index in [2.05, 4.69) is 48.5 Å². The zero-order valence-electron chi connectivity index (χ0n) is 70.6. The second kappa shape index (κ2) is 78.0. The molecule has 107 heavy (non-hydrogen) atoms. The quantitative estimate of drug-likeness (QED) is 0.0222. The summed E-state index contributed by atoms with van der Waals surface area (Å²) in [5.41, 5.74) is 0. The van der Waals surface area contributed by atoms with Crippen LogP contribution in [0.1, 0.15) is 466 Å². The topological polar surface area (TPSA) is 237 Å². The van der Waals surface area contributed by atoms with Gasteiger partial charge in [0.15, 0.2) is 12.2 Å². The Morgan fingerprint density at radius 2 is 0.430 bits per heavy atom. The van der Waals surface area contributed by atoms with Crippen molar-refractivity contribution in [1.29, 1.82) is 0 Å². The molecule has 0 amide bonds. The van der Waals surface area contributed by atoms with Gasteiger partial charge in [0.1, 0.15) is 19.3 Å². The van der Waals surface area contributed by atoms with E-state index < -0.39 is 97.5 Å². The van der Waals surface area contributed by atoms with E-state index in [1.54, 1.807) is 0 Å². The number of carbonyl (C=O) groups is 4. The summed E-state index contributed by atoms with van der Waals surface area (Å²) in [6.45, 7) is 12.1. The second-order valence-corrected chi connectivity index (χ2v) is 36.0. The maximum Gasteiger partial charge on any atom is 0.472 e. The third-order valence-electron chi connectivity index (χ3n) is 20.6. The van der Waals surface area contributed by atoms with Crippen LogP contribution in [0.25, 0.3) is 0 Å². The molecule has 0 aliphatic rings. The number of rotatable bonds is 86. The van der Waals surface area contributed by atoms with E-state index in [-0.39, 0.29) is 25.7 Å². The Kier molecular flexibility index (Phi) is 76.6. The van der Waals surface area contributed by atoms with E-state index >= 15 is 0 Å². The standard InChI is InChI=1S/C88H172O17P2/c1-8-9-10-11-12-13-14-34-41-48-55-62-69-85(90)98-75-83(105-88(93)72-65-58-51-44-37-30-24-27-33-40-47-54-61-68-81(6)7)77-102-106(94,95)100-73-82(89)74-101-107(96,97)103-78-84(76-99-86(91)70-63-56-49-42-35-28-23-19-21-26-32-39-46-53-60-67-80(4)5)104-87(92)71-64-57-50-43-36-29-22-18-16-15-17-20-25-31-38-45-52-59-66-79(2)3/h79-84,89H,8-78H2,1-7H3,(H,94,95)(H,96,97)/t82-,83+,84+/m0/s1. The molecule has 19 heteroatoms. The Morgan fingerprint density at radius 3 is 0.636 bits per heavy atom. The number of phosphoric ester groups is 2. The van der Waals surface area contributed by atoms with Crippen LogP contribution in [0.3, 0.4) is 0 Å². The molecule has 5 atom stereocenters. The van der Waals surface area contributed by atoms with Crippen molar-refractivity contribution in [3.63, 3.8) is 0 Å². The first-order valence-corrected chi connectivity index (χ1v) is 48.3. The summed E-state index contributed by atoms with van der Waals surface area (Å²) in [6.07, 6.45) is 69.3. The lowest BCUT2D eigenvalue weighted by Gasteiger charge is -2.21. The average Bonchev–Trinajstić information content (AvgIpc) is 0.903. The van der Waals surface area contributed by atoms with E-state index in [0.29, 0.717) is 25.7 Å². The molecule has 636 valence electrons. The minimum atomic E-state index is -4.97. The molecule has 0 saturated carbocycles. The molecule has 0 fully saturated rings. The number of hydrogen-bond donors (Lipinski definition) is 3. The Bertz CT molecular complexity index is 2060. The van der Waals surface area contributed by atoms with Crippen LogP contribution in [-0.2, 0) is 65.4 Å². The van der Waals surface area contributed by atoms with Crippen LogP contribution >= 0.6 is 15.6 Å². The highest BCUT2D eigenvalue weighted by Crippen LogP contribution is 2.45. The largest absolute Gasteiger partial charge is 0.472 e. The van der Waals surface area contributed by atoms with Crippen molar-refractivity contribution in [3.8, 4) is 0 Å².